The van der Waals surface area contributed by atoms with Gasteiger partial charge < -0.3 is 19.1 Å². The number of likely N-dealkylation sites (N-methyl/N-ethyl adjacent to an activating group) is 1. The Hall–Kier alpha value is -2.26. The van der Waals surface area contributed by atoms with Crippen LogP contribution in [0.15, 0.2) is 16.5 Å². The molecule has 0 spiro atoms. The van der Waals surface area contributed by atoms with Crippen LogP contribution in [-0.2, 0) is 11.0 Å². The number of hydrogen-bond acceptors (Lipinski definition) is 4. The van der Waals surface area contributed by atoms with Crippen molar-refractivity contribution in [1.29, 1.82) is 0 Å². The zero-order chi connectivity index (χ0) is 25.1. The van der Waals surface area contributed by atoms with Gasteiger partial charge in [-0.3, -0.25) is 9.59 Å². The van der Waals surface area contributed by atoms with E-state index in [1.165, 1.54) is 4.90 Å². The van der Waals surface area contributed by atoms with E-state index in [9.17, 15) is 22.8 Å². The van der Waals surface area contributed by atoms with Gasteiger partial charge in [-0.1, -0.05) is 11.6 Å². The van der Waals surface area contributed by atoms with Crippen LogP contribution in [0, 0.1) is 5.92 Å². The summed E-state index contributed by atoms with van der Waals surface area (Å²) in [6.45, 7) is 4.95. The van der Waals surface area contributed by atoms with Crippen LogP contribution in [-0.4, -0.2) is 72.3 Å². The second-order valence-corrected chi connectivity index (χ2v) is 10.5. The SMILES string of the molecule is CC1CN(C(=O)C2CCN(C(=O)c3oc4c(C(F)(F)F)cc(C5CC5)cc4c3Cl)CC2)CCN1C. The molecule has 35 heavy (non-hydrogen) atoms. The molecular weight excluding hydrogens is 483 g/mol. The number of alkyl halides is 3. The second kappa shape index (κ2) is 9.00. The number of likely N-dealkylation sites (tertiary alicyclic amines) is 1. The number of rotatable bonds is 3. The number of benzene rings is 1. The molecule has 2 amide bonds. The number of fused-ring (bicyclic) bond motifs is 1. The Balaban J connectivity index is 1.32. The molecule has 10 heteroatoms. The Morgan fingerprint density at radius 1 is 1.03 bits per heavy atom. The van der Waals surface area contributed by atoms with Gasteiger partial charge in [0.2, 0.25) is 11.7 Å². The predicted molar refractivity (Wildman–Crippen MR) is 126 cm³/mol. The maximum absolute atomic E-state index is 13.8. The molecule has 2 aromatic rings. The van der Waals surface area contributed by atoms with Gasteiger partial charge in [0, 0.05) is 50.1 Å². The van der Waals surface area contributed by atoms with Gasteiger partial charge in [0.15, 0.2) is 0 Å². The highest BCUT2D eigenvalue weighted by molar-refractivity contribution is 6.38. The van der Waals surface area contributed by atoms with Crippen LogP contribution in [0.3, 0.4) is 0 Å². The summed E-state index contributed by atoms with van der Waals surface area (Å²) in [6, 6.07) is 3.03. The third kappa shape index (κ3) is 4.65. The Morgan fingerprint density at radius 3 is 2.31 bits per heavy atom. The highest BCUT2D eigenvalue weighted by Gasteiger charge is 2.39. The predicted octanol–water partition coefficient (Wildman–Crippen LogP) is 5.00. The van der Waals surface area contributed by atoms with E-state index in [1.807, 2.05) is 11.9 Å². The summed E-state index contributed by atoms with van der Waals surface area (Å²) < 4.78 is 46.8. The summed E-state index contributed by atoms with van der Waals surface area (Å²) >= 11 is 6.42. The number of carbonyl (C=O) groups excluding carboxylic acids is 2. The lowest BCUT2D eigenvalue weighted by Gasteiger charge is -2.40. The van der Waals surface area contributed by atoms with Gasteiger partial charge in [0.25, 0.3) is 5.91 Å². The molecular formula is C25H29ClF3N3O3. The quantitative estimate of drug-likeness (QED) is 0.582. The molecule has 1 aromatic carbocycles. The average Bonchev–Trinajstić information content (AvgIpc) is 3.63. The van der Waals surface area contributed by atoms with Crippen LogP contribution < -0.4 is 0 Å². The maximum atomic E-state index is 13.8. The van der Waals surface area contributed by atoms with E-state index >= 15 is 0 Å². The van der Waals surface area contributed by atoms with E-state index < -0.39 is 23.2 Å². The van der Waals surface area contributed by atoms with Crippen molar-refractivity contribution < 1.29 is 27.2 Å². The van der Waals surface area contributed by atoms with Crippen molar-refractivity contribution in [3.05, 3.63) is 34.0 Å². The van der Waals surface area contributed by atoms with Gasteiger partial charge in [-0.15, -0.1) is 0 Å². The minimum atomic E-state index is -4.62. The highest BCUT2D eigenvalue weighted by atomic mass is 35.5. The van der Waals surface area contributed by atoms with Gasteiger partial charge in [0.1, 0.15) is 5.58 Å². The molecule has 190 valence electrons. The number of furan rings is 1. The molecule has 0 radical (unpaired) electrons. The summed E-state index contributed by atoms with van der Waals surface area (Å²) in [7, 11) is 2.05. The standard InChI is InChI=1S/C25H29ClF3N3O3/c1-14-13-32(10-9-30(14)2)23(33)16-5-7-31(8-6-16)24(34)22-20(26)18-11-17(15-3-4-15)12-19(21(18)35-22)25(27,28)29/h11-12,14-16H,3-10,13H2,1-2H3. The number of carbonyl (C=O) groups is 2. The number of amides is 2. The molecule has 6 nitrogen and oxygen atoms in total. The zero-order valence-electron chi connectivity index (χ0n) is 19.8. The van der Waals surface area contributed by atoms with Crippen molar-refractivity contribution in [2.24, 2.45) is 5.92 Å². The Kier molecular flexibility index (Phi) is 6.28. The average molecular weight is 512 g/mol. The molecule has 2 saturated heterocycles. The number of hydrogen-bond donors (Lipinski definition) is 0. The molecule has 0 N–H and O–H groups in total. The summed E-state index contributed by atoms with van der Waals surface area (Å²) in [5.41, 5.74) is -0.725. The molecule has 2 aliphatic heterocycles. The van der Waals surface area contributed by atoms with Gasteiger partial charge in [0.05, 0.1) is 10.6 Å². The smallest absolute Gasteiger partial charge is 0.420 e. The number of piperidine rings is 1. The van der Waals surface area contributed by atoms with Crippen molar-refractivity contribution in [2.75, 3.05) is 39.8 Å². The van der Waals surface area contributed by atoms with Crippen molar-refractivity contribution >= 4 is 34.4 Å². The lowest BCUT2D eigenvalue weighted by atomic mass is 9.94. The van der Waals surface area contributed by atoms with E-state index in [2.05, 4.69) is 11.8 Å². The molecule has 0 bridgehead atoms. The summed E-state index contributed by atoms with van der Waals surface area (Å²) in [5.74, 6) is -0.769. The monoisotopic (exact) mass is 511 g/mol. The fraction of sp³-hybridized carbons (Fsp3) is 0.600. The molecule has 5 rings (SSSR count). The first-order valence-electron chi connectivity index (χ1n) is 12.2. The number of halogens is 4. The Morgan fingerprint density at radius 2 is 1.71 bits per heavy atom. The van der Waals surface area contributed by atoms with Gasteiger partial charge in [-0.2, -0.15) is 13.2 Å². The van der Waals surface area contributed by atoms with E-state index in [0.29, 0.717) is 50.6 Å². The van der Waals surface area contributed by atoms with Crippen LogP contribution in [0.4, 0.5) is 13.2 Å². The van der Waals surface area contributed by atoms with Crippen molar-refractivity contribution in [3.63, 3.8) is 0 Å². The van der Waals surface area contributed by atoms with Crippen molar-refractivity contribution in [1.82, 2.24) is 14.7 Å². The fourth-order valence-corrected chi connectivity index (χ4v) is 5.43. The first-order chi connectivity index (χ1) is 16.5. The van der Waals surface area contributed by atoms with E-state index in [0.717, 1.165) is 25.5 Å². The lowest BCUT2D eigenvalue weighted by molar-refractivity contribution is -0.139. The molecule has 1 aromatic heterocycles. The number of nitrogens with zero attached hydrogens (tertiary/aromatic N) is 3. The topological polar surface area (TPSA) is 57.0 Å². The summed E-state index contributed by atoms with van der Waals surface area (Å²) in [4.78, 5) is 31.9. The van der Waals surface area contributed by atoms with Crippen LogP contribution in [0.25, 0.3) is 11.0 Å². The molecule has 3 fully saturated rings. The lowest BCUT2D eigenvalue weighted by Crippen LogP contribution is -2.54. The summed E-state index contributed by atoms with van der Waals surface area (Å²) in [5, 5.41) is 0.0450. The fourth-order valence-electron chi connectivity index (χ4n) is 5.17. The Bertz CT molecular complexity index is 1150. The number of piperazine rings is 1. The van der Waals surface area contributed by atoms with Crippen LogP contribution in [0.2, 0.25) is 5.02 Å². The minimum Gasteiger partial charge on any atom is -0.449 e. The van der Waals surface area contributed by atoms with Crippen molar-refractivity contribution in [3.8, 4) is 0 Å². The molecule has 1 saturated carbocycles. The van der Waals surface area contributed by atoms with Gasteiger partial charge in [-0.05, 0) is 63.3 Å². The van der Waals surface area contributed by atoms with Gasteiger partial charge in [-0.25, -0.2) is 0 Å². The maximum Gasteiger partial charge on any atom is 0.420 e. The van der Waals surface area contributed by atoms with E-state index in [4.69, 9.17) is 16.0 Å². The minimum absolute atomic E-state index is 0.0809. The van der Waals surface area contributed by atoms with Gasteiger partial charge >= 0.3 is 6.18 Å². The van der Waals surface area contributed by atoms with Crippen molar-refractivity contribution in [2.45, 2.75) is 50.7 Å². The molecule has 1 aliphatic carbocycles. The van der Waals surface area contributed by atoms with Crippen LogP contribution in [0.5, 0.6) is 0 Å². The Labute approximate surface area is 206 Å². The zero-order valence-corrected chi connectivity index (χ0v) is 20.6. The third-order valence-corrected chi connectivity index (χ3v) is 8.08. The van der Waals surface area contributed by atoms with Crippen LogP contribution >= 0.6 is 11.6 Å². The molecule has 1 atom stereocenters. The second-order valence-electron chi connectivity index (χ2n) is 10.1. The first-order valence-corrected chi connectivity index (χ1v) is 12.5. The molecule has 1 unspecified atom stereocenters. The highest BCUT2D eigenvalue weighted by Crippen LogP contribution is 2.47. The van der Waals surface area contributed by atoms with E-state index in [1.54, 1.807) is 6.07 Å². The third-order valence-electron chi connectivity index (χ3n) is 7.70. The molecule has 3 heterocycles. The first kappa shape index (κ1) is 24.4. The summed E-state index contributed by atoms with van der Waals surface area (Å²) in [6.07, 6.45) is -1.94. The normalized spacial score (nSPS) is 22.7. The molecule has 3 aliphatic rings. The largest absolute Gasteiger partial charge is 0.449 e. The van der Waals surface area contributed by atoms with E-state index in [-0.39, 0.29) is 33.9 Å². The van der Waals surface area contributed by atoms with Crippen LogP contribution in [0.1, 0.15) is 60.2 Å².